The average Bonchev–Trinajstić information content (AvgIpc) is 3.28. The number of rotatable bonds is 4. The molecule has 3 rings (SSSR count). The zero-order chi connectivity index (χ0) is 23.1. The lowest BCUT2D eigenvalue weighted by atomic mass is 10.2. The van der Waals surface area contributed by atoms with Crippen LogP contribution in [0.5, 0.6) is 0 Å². The fourth-order valence-electron chi connectivity index (χ4n) is 3.76. The fourth-order valence-corrected chi connectivity index (χ4v) is 4.37. The van der Waals surface area contributed by atoms with E-state index in [1.54, 1.807) is 11.9 Å². The van der Waals surface area contributed by atoms with Crippen LogP contribution in [0.1, 0.15) is 31.2 Å². The molecule has 1 aliphatic heterocycles. The van der Waals surface area contributed by atoms with Crippen LogP contribution in [-0.4, -0.2) is 57.7 Å². The van der Waals surface area contributed by atoms with Crippen molar-refractivity contribution in [1.29, 1.82) is 0 Å². The van der Waals surface area contributed by atoms with Gasteiger partial charge in [-0.15, -0.1) is 0 Å². The van der Waals surface area contributed by atoms with Gasteiger partial charge in [0.05, 0.1) is 11.3 Å². The maximum Gasteiger partial charge on any atom is 0.416 e. The van der Waals surface area contributed by atoms with Crippen molar-refractivity contribution in [2.45, 2.75) is 47.9 Å². The number of nitrogens with zero attached hydrogens (tertiary/aromatic N) is 4. The first-order chi connectivity index (χ1) is 14.3. The van der Waals surface area contributed by atoms with Gasteiger partial charge in [0.1, 0.15) is 0 Å². The zero-order valence-corrected chi connectivity index (χ0v) is 18.9. The SMILES string of the molecule is CN1C(=O)C(=NC(N(C)C2CCCC2)C(Cl)(Cl)Cl)N(c2cccc(C(F)(F)F)c2)C1=O. The molecule has 2 aliphatic rings. The lowest BCUT2D eigenvalue weighted by Gasteiger charge is -2.34. The number of urea groups is 1. The van der Waals surface area contributed by atoms with Gasteiger partial charge in [-0.2, -0.15) is 13.2 Å². The number of anilines is 1. The van der Waals surface area contributed by atoms with E-state index in [1.165, 1.54) is 13.1 Å². The number of carbonyl (C=O) groups excluding carboxylic acids is 2. The number of likely N-dealkylation sites (N-methyl/N-ethyl adjacent to an activating group) is 1. The predicted molar refractivity (Wildman–Crippen MR) is 114 cm³/mol. The second kappa shape index (κ2) is 8.77. The van der Waals surface area contributed by atoms with Gasteiger partial charge in [0.2, 0.25) is 9.63 Å². The van der Waals surface area contributed by atoms with Gasteiger partial charge in [-0.1, -0.05) is 53.7 Å². The van der Waals surface area contributed by atoms with Gasteiger partial charge < -0.3 is 0 Å². The molecule has 1 aliphatic carbocycles. The predicted octanol–water partition coefficient (Wildman–Crippen LogP) is 5.07. The van der Waals surface area contributed by atoms with Crippen molar-refractivity contribution in [1.82, 2.24) is 9.80 Å². The van der Waals surface area contributed by atoms with Gasteiger partial charge >= 0.3 is 12.2 Å². The maximum atomic E-state index is 13.2. The molecule has 0 N–H and O–H groups in total. The number of alkyl halides is 6. The number of hydrogen-bond donors (Lipinski definition) is 0. The van der Waals surface area contributed by atoms with Crippen molar-refractivity contribution in [3.05, 3.63) is 29.8 Å². The molecule has 1 saturated heterocycles. The van der Waals surface area contributed by atoms with Crippen molar-refractivity contribution in [2.24, 2.45) is 4.99 Å². The molecule has 6 nitrogen and oxygen atoms in total. The van der Waals surface area contributed by atoms with Crippen molar-refractivity contribution in [3.8, 4) is 0 Å². The summed E-state index contributed by atoms with van der Waals surface area (Å²) in [6.45, 7) is 0. The number of halogens is 6. The lowest BCUT2D eigenvalue weighted by molar-refractivity contribution is -0.137. The highest BCUT2D eigenvalue weighted by Gasteiger charge is 2.46. The minimum atomic E-state index is -4.63. The summed E-state index contributed by atoms with van der Waals surface area (Å²) < 4.78 is 37.6. The molecule has 12 heteroatoms. The Morgan fingerprint density at radius 3 is 2.32 bits per heavy atom. The largest absolute Gasteiger partial charge is 0.416 e. The molecule has 0 spiro atoms. The molecule has 1 aromatic rings. The Hall–Kier alpha value is -1.55. The van der Waals surface area contributed by atoms with Crippen LogP contribution < -0.4 is 4.90 Å². The van der Waals surface area contributed by atoms with Crippen LogP contribution in [0, 0.1) is 0 Å². The topological polar surface area (TPSA) is 56.2 Å². The van der Waals surface area contributed by atoms with Gasteiger partial charge in [-0.3, -0.25) is 14.6 Å². The molecule has 170 valence electrons. The smallest absolute Gasteiger partial charge is 0.278 e. The third kappa shape index (κ3) is 4.94. The number of hydrogen-bond acceptors (Lipinski definition) is 4. The van der Waals surface area contributed by atoms with Crippen LogP contribution in [0.15, 0.2) is 29.3 Å². The summed E-state index contributed by atoms with van der Waals surface area (Å²) in [5.74, 6) is -1.21. The second-order valence-electron chi connectivity index (χ2n) is 7.50. The highest BCUT2D eigenvalue weighted by Crippen LogP contribution is 2.38. The Morgan fingerprint density at radius 2 is 1.77 bits per heavy atom. The molecule has 1 saturated carbocycles. The Labute approximate surface area is 192 Å². The van der Waals surface area contributed by atoms with E-state index >= 15 is 0 Å². The van der Waals surface area contributed by atoms with Gasteiger partial charge in [-0.05, 0) is 38.1 Å². The van der Waals surface area contributed by atoms with Gasteiger partial charge in [0, 0.05) is 13.1 Å². The zero-order valence-electron chi connectivity index (χ0n) is 16.7. The Bertz CT molecular complexity index is 898. The van der Waals surface area contributed by atoms with Crippen LogP contribution >= 0.6 is 34.8 Å². The first-order valence-corrected chi connectivity index (χ1v) is 10.6. The number of imide groups is 1. The van der Waals surface area contributed by atoms with Crippen LogP contribution in [0.3, 0.4) is 0 Å². The second-order valence-corrected chi connectivity index (χ2v) is 9.87. The molecule has 0 bridgehead atoms. The Balaban J connectivity index is 2.08. The number of aliphatic imine (C=N–C) groups is 1. The molecule has 31 heavy (non-hydrogen) atoms. The highest BCUT2D eigenvalue weighted by molar-refractivity contribution is 6.68. The van der Waals surface area contributed by atoms with Crippen LogP contribution in [0.2, 0.25) is 0 Å². The highest BCUT2D eigenvalue weighted by atomic mass is 35.6. The molecular weight excluding hydrogens is 480 g/mol. The average molecular weight is 500 g/mol. The molecule has 0 radical (unpaired) electrons. The monoisotopic (exact) mass is 498 g/mol. The van der Waals surface area contributed by atoms with Gasteiger partial charge in [-0.25, -0.2) is 14.7 Å². The third-order valence-electron chi connectivity index (χ3n) is 5.44. The van der Waals surface area contributed by atoms with Crippen molar-refractivity contribution in [3.63, 3.8) is 0 Å². The number of amides is 3. The maximum absolute atomic E-state index is 13.2. The van der Waals surface area contributed by atoms with E-state index in [9.17, 15) is 22.8 Å². The summed E-state index contributed by atoms with van der Waals surface area (Å²) >= 11 is 18.5. The molecule has 2 fully saturated rings. The molecular formula is C19H20Cl3F3N4O2. The van der Waals surface area contributed by atoms with Gasteiger partial charge in [0.15, 0.2) is 6.17 Å². The normalized spacial score (nSPS) is 21.1. The first kappa shape index (κ1) is 24.1. The minimum Gasteiger partial charge on any atom is -0.278 e. The minimum absolute atomic E-state index is 0.0527. The first-order valence-electron chi connectivity index (χ1n) is 9.48. The van der Waals surface area contributed by atoms with E-state index in [1.807, 2.05) is 0 Å². The number of benzene rings is 1. The van der Waals surface area contributed by atoms with Crippen molar-refractivity contribution in [2.75, 3.05) is 19.0 Å². The third-order valence-corrected chi connectivity index (χ3v) is 6.03. The van der Waals surface area contributed by atoms with E-state index < -0.39 is 39.5 Å². The molecule has 3 amide bonds. The van der Waals surface area contributed by atoms with Crippen LogP contribution in [0.25, 0.3) is 0 Å². The standard InChI is InChI=1S/C19H20Cl3F3N4O2/c1-27(12-7-3-4-8-12)16(18(20,21)22)26-14-15(30)28(2)17(31)29(14)13-9-5-6-11(10-13)19(23,24)25/h5-6,9-10,12,16H,3-4,7-8H2,1-2H3. The fraction of sp³-hybridized carbons (Fsp3) is 0.526. The lowest BCUT2D eigenvalue weighted by Crippen LogP contribution is -2.47. The number of carbonyl (C=O) groups is 2. The molecule has 1 aromatic carbocycles. The Morgan fingerprint density at radius 1 is 1.16 bits per heavy atom. The van der Waals surface area contributed by atoms with E-state index in [0.29, 0.717) is 0 Å². The van der Waals surface area contributed by atoms with Gasteiger partial charge in [0.25, 0.3) is 5.91 Å². The van der Waals surface area contributed by atoms with Crippen molar-refractivity contribution < 1.29 is 22.8 Å². The molecule has 0 aromatic heterocycles. The summed E-state index contributed by atoms with van der Waals surface area (Å²) in [5.41, 5.74) is -1.14. The van der Waals surface area contributed by atoms with Crippen molar-refractivity contribution >= 4 is 58.3 Å². The molecule has 1 unspecified atom stereocenters. The number of amidine groups is 1. The van der Waals surface area contributed by atoms with Crippen LogP contribution in [0.4, 0.5) is 23.7 Å². The Kier molecular flexibility index (Phi) is 6.82. The molecule has 1 heterocycles. The summed E-state index contributed by atoms with van der Waals surface area (Å²) in [6, 6.07) is 3.25. The van der Waals surface area contributed by atoms with E-state index in [4.69, 9.17) is 34.8 Å². The molecule has 1 atom stereocenters. The summed E-state index contributed by atoms with van der Waals surface area (Å²) in [5, 5.41) is 0. The van der Waals surface area contributed by atoms with E-state index in [0.717, 1.165) is 53.7 Å². The quantitative estimate of drug-likeness (QED) is 0.429. The summed E-state index contributed by atoms with van der Waals surface area (Å²) in [4.78, 5) is 33.0. The summed E-state index contributed by atoms with van der Waals surface area (Å²) in [6.07, 6.45) is -2.07. The van der Waals surface area contributed by atoms with E-state index in [2.05, 4.69) is 4.99 Å². The summed E-state index contributed by atoms with van der Waals surface area (Å²) in [7, 11) is 2.91. The van der Waals surface area contributed by atoms with E-state index in [-0.39, 0.29) is 11.7 Å². The van der Waals surface area contributed by atoms with Crippen LogP contribution in [-0.2, 0) is 11.0 Å².